The van der Waals surface area contributed by atoms with Gasteiger partial charge in [0, 0.05) is 5.69 Å². The third-order valence-corrected chi connectivity index (χ3v) is 4.12. The molecular weight excluding hydrogens is 287 g/mol. The first-order valence-corrected chi connectivity index (χ1v) is 7.06. The molecule has 19 heavy (non-hydrogen) atoms. The molecule has 0 aliphatic carbocycles. The summed E-state index contributed by atoms with van der Waals surface area (Å²) in [6.45, 7) is 1.75. The number of rotatable bonds is 4. The van der Waals surface area contributed by atoms with E-state index in [0.29, 0.717) is 15.2 Å². The topological polar surface area (TPSA) is 80.9 Å². The van der Waals surface area contributed by atoms with E-state index in [1.54, 1.807) is 6.92 Å². The van der Waals surface area contributed by atoms with Gasteiger partial charge in [-0.3, -0.25) is 4.79 Å². The summed E-state index contributed by atoms with van der Waals surface area (Å²) in [5.41, 5.74) is 6.02. The molecule has 0 saturated heterocycles. The van der Waals surface area contributed by atoms with Crippen molar-refractivity contribution in [1.29, 1.82) is 0 Å². The number of aromatic nitrogens is 2. The predicted octanol–water partition coefficient (Wildman–Crippen LogP) is 2.38. The predicted molar refractivity (Wildman–Crippen MR) is 74.7 cm³/mol. The largest absolute Gasteiger partial charge is 0.374 e. The van der Waals surface area contributed by atoms with Crippen LogP contribution >= 0.6 is 23.1 Å². The maximum absolute atomic E-state index is 12.7. The summed E-state index contributed by atoms with van der Waals surface area (Å²) in [5.74, 6) is -0.532. The standard InChI is InChI=1S/C11H11FN4OS2/c1-6(18-11-16-15-10(13)19-11)9(17)14-8-4-2-7(12)3-5-8/h2-6H,1H3,(H2,13,15)(H,14,17)/t6-/m1/s1. The van der Waals surface area contributed by atoms with Crippen molar-refractivity contribution in [2.45, 2.75) is 16.5 Å². The smallest absolute Gasteiger partial charge is 0.237 e. The Kier molecular flexibility index (Phi) is 4.33. The van der Waals surface area contributed by atoms with E-state index in [1.807, 2.05) is 0 Å². The van der Waals surface area contributed by atoms with Crippen LogP contribution in [0.5, 0.6) is 0 Å². The van der Waals surface area contributed by atoms with Crippen LogP contribution in [0.4, 0.5) is 15.2 Å². The monoisotopic (exact) mass is 298 g/mol. The summed E-state index contributed by atoms with van der Waals surface area (Å²) < 4.78 is 13.4. The van der Waals surface area contributed by atoms with Crippen molar-refractivity contribution in [1.82, 2.24) is 10.2 Å². The maximum Gasteiger partial charge on any atom is 0.237 e. The summed E-state index contributed by atoms with van der Waals surface area (Å²) in [6, 6.07) is 5.60. The van der Waals surface area contributed by atoms with E-state index < -0.39 is 0 Å². The van der Waals surface area contributed by atoms with E-state index >= 15 is 0 Å². The molecule has 0 aliphatic heterocycles. The highest BCUT2D eigenvalue weighted by molar-refractivity contribution is 8.02. The maximum atomic E-state index is 12.7. The van der Waals surface area contributed by atoms with Gasteiger partial charge in [0.15, 0.2) is 4.34 Å². The average molecular weight is 298 g/mol. The SMILES string of the molecule is C[C@@H](Sc1nnc(N)s1)C(=O)Nc1ccc(F)cc1. The van der Waals surface area contributed by atoms with Crippen LogP contribution in [0.25, 0.3) is 0 Å². The molecule has 0 bridgehead atoms. The van der Waals surface area contributed by atoms with E-state index in [2.05, 4.69) is 15.5 Å². The zero-order valence-corrected chi connectivity index (χ0v) is 11.6. The average Bonchev–Trinajstić information content (AvgIpc) is 2.77. The number of hydrogen-bond acceptors (Lipinski definition) is 6. The van der Waals surface area contributed by atoms with Crippen molar-refractivity contribution < 1.29 is 9.18 Å². The molecule has 1 heterocycles. The lowest BCUT2D eigenvalue weighted by Gasteiger charge is -2.10. The Balaban J connectivity index is 1.94. The van der Waals surface area contributed by atoms with Crippen LogP contribution in [-0.4, -0.2) is 21.4 Å². The van der Waals surface area contributed by atoms with Crippen molar-refractivity contribution in [2.24, 2.45) is 0 Å². The molecule has 100 valence electrons. The van der Waals surface area contributed by atoms with Crippen molar-refractivity contribution in [3.63, 3.8) is 0 Å². The molecule has 5 nitrogen and oxygen atoms in total. The number of hydrogen-bond donors (Lipinski definition) is 2. The van der Waals surface area contributed by atoms with Crippen molar-refractivity contribution in [3.05, 3.63) is 30.1 Å². The third-order valence-electron chi connectivity index (χ3n) is 2.18. The molecule has 0 unspecified atom stereocenters. The summed E-state index contributed by atoms with van der Waals surface area (Å²) >= 11 is 2.50. The van der Waals surface area contributed by atoms with E-state index in [9.17, 15) is 9.18 Å². The minimum absolute atomic E-state index is 0.189. The number of nitrogens with two attached hydrogens (primary N) is 1. The number of halogens is 1. The number of nitrogen functional groups attached to an aromatic ring is 1. The van der Waals surface area contributed by atoms with Crippen LogP contribution in [0.1, 0.15) is 6.92 Å². The molecule has 1 aromatic heterocycles. The first-order valence-electron chi connectivity index (χ1n) is 5.36. The lowest BCUT2D eigenvalue weighted by molar-refractivity contribution is -0.115. The Hall–Kier alpha value is -1.67. The first-order chi connectivity index (χ1) is 9.04. The van der Waals surface area contributed by atoms with Gasteiger partial charge >= 0.3 is 0 Å². The Morgan fingerprint density at radius 2 is 2.11 bits per heavy atom. The fraction of sp³-hybridized carbons (Fsp3) is 0.182. The summed E-state index contributed by atoms with van der Waals surface area (Å²) in [4.78, 5) is 11.9. The minimum Gasteiger partial charge on any atom is -0.374 e. The van der Waals surface area contributed by atoms with Crippen LogP contribution in [0.15, 0.2) is 28.6 Å². The van der Waals surface area contributed by atoms with Crippen molar-refractivity contribution in [3.8, 4) is 0 Å². The van der Waals surface area contributed by atoms with Gasteiger partial charge in [-0.15, -0.1) is 10.2 Å². The fourth-order valence-corrected chi connectivity index (χ4v) is 3.03. The molecule has 0 spiro atoms. The van der Waals surface area contributed by atoms with E-state index in [4.69, 9.17) is 5.73 Å². The van der Waals surface area contributed by atoms with Crippen molar-refractivity contribution in [2.75, 3.05) is 11.1 Å². The second-order valence-electron chi connectivity index (χ2n) is 3.66. The molecule has 1 atom stereocenters. The number of amides is 1. The van der Waals surface area contributed by atoms with Gasteiger partial charge in [-0.25, -0.2) is 4.39 Å². The van der Waals surface area contributed by atoms with E-state index in [1.165, 1.54) is 47.4 Å². The van der Waals surface area contributed by atoms with E-state index in [0.717, 1.165) is 0 Å². The highest BCUT2D eigenvalue weighted by atomic mass is 32.2. The molecule has 0 fully saturated rings. The number of nitrogens with one attached hydrogen (secondary N) is 1. The van der Waals surface area contributed by atoms with Gasteiger partial charge in [-0.2, -0.15) is 0 Å². The number of carbonyl (C=O) groups excluding carboxylic acids is 1. The molecule has 8 heteroatoms. The van der Waals surface area contributed by atoms with Gasteiger partial charge in [0.1, 0.15) is 5.82 Å². The molecule has 1 amide bonds. The second-order valence-corrected chi connectivity index (χ2v) is 6.26. The molecule has 2 aromatic rings. The normalized spacial score (nSPS) is 12.1. The highest BCUT2D eigenvalue weighted by Gasteiger charge is 2.16. The Morgan fingerprint density at radius 3 is 2.68 bits per heavy atom. The highest BCUT2D eigenvalue weighted by Crippen LogP contribution is 2.28. The fourth-order valence-electron chi connectivity index (χ4n) is 1.25. The summed E-state index contributed by atoms with van der Waals surface area (Å²) in [7, 11) is 0. The van der Waals surface area contributed by atoms with Crippen LogP contribution in [0.3, 0.4) is 0 Å². The first kappa shape index (κ1) is 13.8. The van der Waals surface area contributed by atoms with Crippen LogP contribution in [0.2, 0.25) is 0 Å². The molecule has 0 saturated carbocycles. The summed E-state index contributed by atoms with van der Waals surface area (Å²) in [5, 5.41) is 10.2. The van der Waals surface area contributed by atoms with E-state index in [-0.39, 0.29) is 17.0 Å². The number of carbonyl (C=O) groups is 1. The lowest BCUT2D eigenvalue weighted by Crippen LogP contribution is -2.22. The quantitative estimate of drug-likeness (QED) is 0.847. The third kappa shape index (κ3) is 3.90. The molecular formula is C11H11FN4OS2. The van der Waals surface area contributed by atoms with Crippen molar-refractivity contribution >= 4 is 39.8 Å². The van der Waals surface area contributed by atoms with Gasteiger partial charge < -0.3 is 11.1 Å². The van der Waals surface area contributed by atoms with Crippen LogP contribution in [0, 0.1) is 5.82 Å². The van der Waals surface area contributed by atoms with Gasteiger partial charge in [0.05, 0.1) is 5.25 Å². The number of nitrogens with zero attached hydrogens (tertiary/aromatic N) is 2. The van der Waals surface area contributed by atoms with Gasteiger partial charge in [-0.05, 0) is 31.2 Å². The molecule has 0 radical (unpaired) electrons. The zero-order valence-electron chi connectivity index (χ0n) is 9.96. The van der Waals surface area contributed by atoms with Crippen LogP contribution < -0.4 is 11.1 Å². The lowest BCUT2D eigenvalue weighted by atomic mass is 10.3. The minimum atomic E-state index is -0.350. The van der Waals surface area contributed by atoms with Gasteiger partial charge in [-0.1, -0.05) is 23.1 Å². The molecule has 0 aliphatic rings. The van der Waals surface area contributed by atoms with Gasteiger partial charge in [0.25, 0.3) is 0 Å². The number of benzene rings is 1. The number of anilines is 2. The summed E-state index contributed by atoms with van der Waals surface area (Å²) in [6.07, 6.45) is 0. The molecule has 3 N–H and O–H groups in total. The Morgan fingerprint density at radius 1 is 1.42 bits per heavy atom. The Bertz CT molecular complexity index is 572. The molecule has 2 rings (SSSR count). The zero-order chi connectivity index (χ0) is 13.8. The van der Waals surface area contributed by atoms with Gasteiger partial charge in [0.2, 0.25) is 11.0 Å². The van der Waals surface area contributed by atoms with Crippen LogP contribution in [-0.2, 0) is 4.79 Å². The second kappa shape index (κ2) is 5.98. The Labute approximate surface area is 117 Å². The number of thioether (sulfide) groups is 1. The molecule has 1 aromatic carbocycles.